The van der Waals surface area contributed by atoms with Gasteiger partial charge >= 0.3 is 0 Å². The zero-order valence-corrected chi connectivity index (χ0v) is 21.2. The van der Waals surface area contributed by atoms with Crippen molar-refractivity contribution in [2.45, 2.75) is 32.7 Å². The molecule has 1 unspecified atom stereocenters. The number of hydrogen-bond donors (Lipinski definition) is 1. The summed E-state index contributed by atoms with van der Waals surface area (Å²) >= 11 is 0. The van der Waals surface area contributed by atoms with Crippen molar-refractivity contribution in [3.63, 3.8) is 0 Å². The first-order valence-corrected chi connectivity index (χ1v) is 12.3. The summed E-state index contributed by atoms with van der Waals surface area (Å²) in [7, 11) is 3.89. The normalized spacial score (nSPS) is 16.9. The number of Topliss-reactive ketones (excluding diaryl/α,β-unsaturated/α-hetero) is 1. The van der Waals surface area contributed by atoms with Crippen LogP contribution in [0, 0.1) is 0 Å². The third-order valence-corrected chi connectivity index (χ3v) is 6.37. The first-order chi connectivity index (χ1) is 17.3. The molecule has 0 bridgehead atoms. The highest BCUT2D eigenvalue weighted by Gasteiger charge is 2.47. The highest BCUT2D eigenvalue weighted by atomic mass is 16.5. The number of amides is 1. The van der Waals surface area contributed by atoms with E-state index in [1.165, 1.54) is 4.90 Å². The van der Waals surface area contributed by atoms with Crippen molar-refractivity contribution in [3.05, 3.63) is 95.1 Å². The molecule has 3 aromatic carbocycles. The van der Waals surface area contributed by atoms with Crippen LogP contribution in [0.5, 0.6) is 5.75 Å². The number of aryl methyl sites for hydroxylation is 1. The summed E-state index contributed by atoms with van der Waals surface area (Å²) in [6, 6.07) is 21.4. The Morgan fingerprint density at radius 3 is 2.28 bits per heavy atom. The van der Waals surface area contributed by atoms with Gasteiger partial charge in [-0.2, -0.15) is 0 Å². The minimum absolute atomic E-state index is 0.0710. The van der Waals surface area contributed by atoms with Gasteiger partial charge in [-0.15, -0.1) is 0 Å². The van der Waals surface area contributed by atoms with Gasteiger partial charge in [-0.05, 0) is 48.2 Å². The van der Waals surface area contributed by atoms with Crippen molar-refractivity contribution in [1.29, 1.82) is 0 Å². The molecular weight excluding hydrogens is 452 g/mol. The second kappa shape index (κ2) is 10.7. The molecule has 1 amide bonds. The van der Waals surface area contributed by atoms with Crippen LogP contribution in [0.2, 0.25) is 0 Å². The summed E-state index contributed by atoms with van der Waals surface area (Å²) in [5.74, 6) is -0.962. The molecule has 1 N–H and O–H groups in total. The number of ether oxygens (including phenoxy) is 1. The van der Waals surface area contributed by atoms with E-state index in [1.54, 1.807) is 30.3 Å². The average Bonchev–Trinajstić information content (AvgIpc) is 3.17. The molecule has 3 aromatic rings. The molecule has 1 heterocycles. The average molecular weight is 485 g/mol. The number of rotatable bonds is 8. The van der Waals surface area contributed by atoms with Gasteiger partial charge in [0.05, 0.1) is 18.2 Å². The summed E-state index contributed by atoms with van der Waals surface area (Å²) in [5, 5.41) is 11.3. The highest BCUT2D eigenvalue weighted by molar-refractivity contribution is 6.51. The maximum absolute atomic E-state index is 13.4. The Morgan fingerprint density at radius 1 is 0.972 bits per heavy atom. The van der Waals surface area contributed by atoms with Crippen LogP contribution in [0.4, 0.5) is 11.4 Å². The van der Waals surface area contributed by atoms with Crippen LogP contribution in [0.15, 0.2) is 78.4 Å². The molecule has 0 spiro atoms. The second-order valence-electron chi connectivity index (χ2n) is 9.05. The van der Waals surface area contributed by atoms with Crippen molar-refractivity contribution in [3.8, 4) is 5.75 Å². The first-order valence-electron chi connectivity index (χ1n) is 12.3. The van der Waals surface area contributed by atoms with Gasteiger partial charge in [0.25, 0.3) is 11.7 Å². The minimum atomic E-state index is -0.784. The van der Waals surface area contributed by atoms with Gasteiger partial charge in [0.15, 0.2) is 0 Å². The lowest BCUT2D eigenvalue weighted by atomic mass is 9.94. The number of aliphatic hydroxyl groups is 1. The molecular formula is C30H32N2O4. The standard InChI is InChI=1S/C30H32N2O4/c1-5-18-36-25-9-7-8-24(19-25)32-27(21-14-16-23(17-15-21)31(3)4)26(29(34)30(32)35)28(33)22-12-10-20(6-2)11-13-22/h7-17,19,27,33H,5-6,18H2,1-4H3/b28-26+. The third kappa shape index (κ3) is 4.85. The van der Waals surface area contributed by atoms with Crippen LogP contribution in [-0.4, -0.2) is 37.5 Å². The predicted octanol–water partition coefficient (Wildman–Crippen LogP) is 5.73. The summed E-state index contributed by atoms with van der Waals surface area (Å²) < 4.78 is 5.78. The van der Waals surface area contributed by atoms with Crippen LogP contribution < -0.4 is 14.5 Å². The smallest absolute Gasteiger partial charge is 0.300 e. The fraction of sp³-hybridized carbons (Fsp3) is 0.267. The zero-order valence-electron chi connectivity index (χ0n) is 21.2. The molecule has 0 aliphatic carbocycles. The number of carbonyl (C=O) groups is 2. The Morgan fingerprint density at radius 2 is 1.67 bits per heavy atom. The van der Waals surface area contributed by atoms with Crippen LogP contribution in [0.1, 0.15) is 43.0 Å². The van der Waals surface area contributed by atoms with E-state index in [0.717, 1.165) is 29.7 Å². The lowest BCUT2D eigenvalue weighted by molar-refractivity contribution is -0.132. The van der Waals surface area contributed by atoms with Crippen molar-refractivity contribution in [1.82, 2.24) is 0 Å². The number of nitrogens with zero attached hydrogens (tertiary/aromatic N) is 2. The topological polar surface area (TPSA) is 70.1 Å². The zero-order chi connectivity index (χ0) is 25.8. The van der Waals surface area contributed by atoms with E-state index in [0.29, 0.717) is 23.6 Å². The Kier molecular flexibility index (Phi) is 7.44. The van der Waals surface area contributed by atoms with E-state index in [4.69, 9.17) is 4.74 Å². The van der Waals surface area contributed by atoms with E-state index in [1.807, 2.05) is 68.4 Å². The van der Waals surface area contributed by atoms with E-state index < -0.39 is 17.7 Å². The Bertz CT molecular complexity index is 1280. The van der Waals surface area contributed by atoms with Gasteiger partial charge < -0.3 is 14.7 Å². The van der Waals surface area contributed by atoms with E-state index in [-0.39, 0.29) is 11.3 Å². The molecule has 1 aliphatic heterocycles. The predicted molar refractivity (Wildman–Crippen MR) is 144 cm³/mol. The number of aliphatic hydroxyl groups excluding tert-OH is 1. The molecule has 186 valence electrons. The quantitative estimate of drug-likeness (QED) is 0.251. The van der Waals surface area contributed by atoms with Crippen molar-refractivity contribution in [2.24, 2.45) is 0 Å². The lowest BCUT2D eigenvalue weighted by Crippen LogP contribution is -2.29. The van der Waals surface area contributed by atoms with Crippen LogP contribution in [0.25, 0.3) is 5.76 Å². The number of benzene rings is 3. The maximum Gasteiger partial charge on any atom is 0.300 e. The van der Waals surface area contributed by atoms with Crippen LogP contribution in [-0.2, 0) is 16.0 Å². The van der Waals surface area contributed by atoms with Gasteiger partial charge in [0, 0.05) is 37.1 Å². The molecule has 0 radical (unpaired) electrons. The molecule has 1 fully saturated rings. The SMILES string of the molecule is CCCOc1cccc(N2C(=O)C(=O)/C(=C(/O)c3ccc(CC)cc3)C2c2ccc(N(C)C)cc2)c1. The van der Waals surface area contributed by atoms with Gasteiger partial charge in [-0.1, -0.05) is 56.3 Å². The molecule has 36 heavy (non-hydrogen) atoms. The van der Waals surface area contributed by atoms with E-state index in [2.05, 4.69) is 6.92 Å². The monoisotopic (exact) mass is 484 g/mol. The van der Waals surface area contributed by atoms with Gasteiger partial charge in [-0.3, -0.25) is 14.5 Å². The molecule has 1 saturated heterocycles. The fourth-order valence-electron chi connectivity index (χ4n) is 4.37. The summed E-state index contributed by atoms with van der Waals surface area (Å²) in [5.41, 5.74) is 3.94. The number of carbonyl (C=O) groups excluding carboxylic acids is 2. The lowest BCUT2D eigenvalue weighted by Gasteiger charge is -2.26. The van der Waals surface area contributed by atoms with E-state index >= 15 is 0 Å². The largest absolute Gasteiger partial charge is 0.507 e. The summed E-state index contributed by atoms with van der Waals surface area (Å²) in [6.07, 6.45) is 1.71. The number of anilines is 2. The molecule has 1 atom stereocenters. The van der Waals surface area contributed by atoms with Gasteiger partial charge in [-0.25, -0.2) is 0 Å². The molecule has 6 heteroatoms. The highest BCUT2D eigenvalue weighted by Crippen LogP contribution is 2.43. The van der Waals surface area contributed by atoms with Crippen LogP contribution in [0.3, 0.4) is 0 Å². The maximum atomic E-state index is 13.4. The fourth-order valence-corrected chi connectivity index (χ4v) is 4.37. The first kappa shape index (κ1) is 25.0. The Balaban J connectivity index is 1.87. The van der Waals surface area contributed by atoms with Gasteiger partial charge in [0.2, 0.25) is 0 Å². The molecule has 1 aliphatic rings. The van der Waals surface area contributed by atoms with Crippen molar-refractivity contribution < 1.29 is 19.4 Å². The second-order valence-corrected chi connectivity index (χ2v) is 9.05. The molecule has 6 nitrogen and oxygen atoms in total. The molecule has 0 aromatic heterocycles. The summed E-state index contributed by atoms with van der Waals surface area (Å²) in [4.78, 5) is 30.2. The van der Waals surface area contributed by atoms with Crippen molar-refractivity contribution >= 4 is 28.8 Å². The van der Waals surface area contributed by atoms with Gasteiger partial charge in [0.1, 0.15) is 11.5 Å². The minimum Gasteiger partial charge on any atom is -0.507 e. The number of ketones is 1. The molecule has 0 saturated carbocycles. The Hall–Kier alpha value is -4.06. The summed E-state index contributed by atoms with van der Waals surface area (Å²) in [6.45, 7) is 4.62. The van der Waals surface area contributed by atoms with E-state index in [9.17, 15) is 14.7 Å². The number of hydrogen-bond acceptors (Lipinski definition) is 5. The molecule has 4 rings (SSSR count). The Labute approximate surface area is 212 Å². The van der Waals surface area contributed by atoms with Crippen LogP contribution >= 0.6 is 0 Å². The third-order valence-electron chi connectivity index (χ3n) is 6.37. The van der Waals surface area contributed by atoms with Crippen molar-refractivity contribution in [2.75, 3.05) is 30.5 Å².